The predicted molar refractivity (Wildman–Crippen MR) is 223 cm³/mol. The maximum atomic E-state index is 2.67. The van der Waals surface area contributed by atoms with Crippen molar-refractivity contribution in [1.82, 2.24) is 0 Å². The van der Waals surface area contributed by atoms with E-state index in [0.717, 1.165) is 11.8 Å². The van der Waals surface area contributed by atoms with E-state index >= 15 is 0 Å². The molecule has 0 unspecified atom stereocenters. The van der Waals surface area contributed by atoms with Gasteiger partial charge in [-0.05, 0) is 171 Å². The number of rotatable bonds is 4. The Balaban J connectivity index is 1.13. The third-order valence-corrected chi connectivity index (χ3v) is 15.1. The van der Waals surface area contributed by atoms with Gasteiger partial charge in [0.05, 0.1) is 5.69 Å². The van der Waals surface area contributed by atoms with Crippen LogP contribution in [0.4, 0.5) is 17.1 Å². The molecule has 1 heteroatoms. The second kappa shape index (κ2) is 11.2. The van der Waals surface area contributed by atoms with Crippen molar-refractivity contribution in [3.63, 3.8) is 0 Å². The van der Waals surface area contributed by atoms with Crippen molar-refractivity contribution in [3.05, 3.63) is 150 Å². The summed E-state index contributed by atoms with van der Waals surface area (Å²) in [5.41, 5.74) is 16.1. The maximum Gasteiger partial charge on any atom is 0.0509 e. The Kier molecular flexibility index (Phi) is 6.74. The molecule has 0 N–H and O–H groups in total. The van der Waals surface area contributed by atoms with Gasteiger partial charge in [0.1, 0.15) is 0 Å². The molecule has 1 nitrogen and oxygen atoms in total. The van der Waals surface area contributed by atoms with Crippen molar-refractivity contribution in [2.24, 2.45) is 23.7 Å². The third kappa shape index (κ3) is 4.55. The molecule has 1 spiro atoms. The van der Waals surface area contributed by atoms with E-state index in [9.17, 15) is 0 Å². The molecule has 0 heterocycles. The van der Waals surface area contributed by atoms with Gasteiger partial charge in [0.25, 0.3) is 0 Å². The molecule has 0 atom stereocenters. The molecule has 4 fully saturated rings. The van der Waals surface area contributed by atoms with E-state index in [-0.39, 0.29) is 16.2 Å². The molecule has 0 saturated heterocycles. The lowest BCUT2D eigenvalue weighted by Crippen LogP contribution is -2.55. The maximum absolute atomic E-state index is 2.67. The van der Waals surface area contributed by atoms with Crippen molar-refractivity contribution >= 4 is 27.8 Å². The van der Waals surface area contributed by atoms with Crippen LogP contribution in [0.1, 0.15) is 94.9 Å². The first-order chi connectivity index (χ1) is 25.7. The minimum atomic E-state index is 0.0781. The molecule has 12 rings (SSSR count). The predicted octanol–water partition coefficient (Wildman–Crippen LogP) is 14.0. The molecule has 264 valence electrons. The van der Waals surface area contributed by atoms with Crippen LogP contribution in [0, 0.1) is 23.7 Å². The lowest BCUT2D eigenvalue weighted by molar-refractivity contribution is -0.0397. The molecule has 53 heavy (non-hydrogen) atoms. The van der Waals surface area contributed by atoms with Crippen LogP contribution in [-0.2, 0) is 16.2 Å². The SMILES string of the molecule is CC1(C)CCC(C)(C)c2cc(N(c3ccc(-c4ccc5ccccc5c4)cc3)c3cccc4c3C3(c5ccccc5-4)C4CC5CC(C4)CC3C5)ccc21. The van der Waals surface area contributed by atoms with E-state index in [0.29, 0.717) is 11.8 Å². The minimum Gasteiger partial charge on any atom is -0.310 e. The summed E-state index contributed by atoms with van der Waals surface area (Å²) in [6.45, 7) is 9.82. The zero-order valence-electron chi connectivity index (χ0n) is 31.8. The molecule has 0 aromatic heterocycles. The summed E-state index contributed by atoms with van der Waals surface area (Å²) in [4.78, 5) is 2.67. The van der Waals surface area contributed by atoms with Crippen LogP contribution in [0.5, 0.6) is 0 Å². The Morgan fingerprint density at radius 2 is 1.09 bits per heavy atom. The quantitative estimate of drug-likeness (QED) is 0.178. The fourth-order valence-electron chi connectivity index (χ4n) is 12.7. The van der Waals surface area contributed by atoms with Crippen LogP contribution >= 0.6 is 0 Å². The smallest absolute Gasteiger partial charge is 0.0509 e. The number of benzene rings is 6. The van der Waals surface area contributed by atoms with Crippen molar-refractivity contribution in [3.8, 4) is 22.3 Å². The molecule has 6 aliphatic carbocycles. The van der Waals surface area contributed by atoms with Crippen LogP contribution in [0.25, 0.3) is 33.0 Å². The summed E-state index contributed by atoms with van der Waals surface area (Å²) < 4.78 is 0. The first-order valence-electron chi connectivity index (χ1n) is 20.5. The van der Waals surface area contributed by atoms with E-state index in [1.807, 2.05) is 0 Å². The van der Waals surface area contributed by atoms with Gasteiger partial charge in [-0.3, -0.25) is 0 Å². The highest BCUT2D eigenvalue weighted by Crippen LogP contribution is 2.71. The lowest BCUT2D eigenvalue weighted by atomic mass is 9.43. The molecule has 4 bridgehead atoms. The molecule has 4 saturated carbocycles. The highest BCUT2D eigenvalue weighted by Gasteiger charge is 2.62. The molecule has 0 radical (unpaired) electrons. The minimum absolute atomic E-state index is 0.0781. The number of hydrogen-bond acceptors (Lipinski definition) is 1. The highest BCUT2D eigenvalue weighted by molar-refractivity contribution is 5.92. The standard InChI is InChI=1S/C52H51N/c1-50(2)24-25-51(3,4)47-32-42(22-23-46(47)50)53(41-20-18-36(19-21-41)38-17-16-35-10-5-6-11-37(35)31-38)48-15-9-13-44-43-12-7-8-14-45(43)52(49(44)48)39-27-33-26-34(29-39)30-40(52)28-33/h5-23,31-34,39-40H,24-30H2,1-4H3. The van der Waals surface area contributed by atoms with Crippen LogP contribution in [0.2, 0.25) is 0 Å². The third-order valence-electron chi connectivity index (χ3n) is 15.1. The van der Waals surface area contributed by atoms with Crippen LogP contribution < -0.4 is 4.90 Å². The Morgan fingerprint density at radius 1 is 0.472 bits per heavy atom. The van der Waals surface area contributed by atoms with E-state index in [1.165, 1.54) is 106 Å². The number of fused-ring (bicyclic) bond motifs is 5. The zero-order chi connectivity index (χ0) is 35.7. The van der Waals surface area contributed by atoms with E-state index in [4.69, 9.17) is 0 Å². The molecule has 0 amide bonds. The summed E-state index contributed by atoms with van der Waals surface area (Å²) in [6.07, 6.45) is 9.45. The molecular weight excluding hydrogens is 639 g/mol. The zero-order valence-corrected chi connectivity index (χ0v) is 31.8. The van der Waals surface area contributed by atoms with Crippen molar-refractivity contribution in [1.29, 1.82) is 0 Å². The Morgan fingerprint density at radius 3 is 1.85 bits per heavy atom. The van der Waals surface area contributed by atoms with Gasteiger partial charge in [0.2, 0.25) is 0 Å². The second-order valence-electron chi connectivity index (χ2n) is 18.9. The van der Waals surface area contributed by atoms with Crippen LogP contribution in [0.3, 0.4) is 0 Å². The molecular formula is C52H51N. The normalized spacial score (nSPS) is 26.7. The van der Waals surface area contributed by atoms with Gasteiger partial charge in [-0.2, -0.15) is 0 Å². The fourth-order valence-corrected chi connectivity index (χ4v) is 12.7. The average Bonchev–Trinajstić information content (AvgIpc) is 3.47. The highest BCUT2D eigenvalue weighted by atomic mass is 15.1. The van der Waals surface area contributed by atoms with Gasteiger partial charge in [-0.1, -0.05) is 119 Å². The molecule has 6 aromatic rings. The largest absolute Gasteiger partial charge is 0.310 e. The summed E-state index contributed by atoms with van der Waals surface area (Å²) >= 11 is 0. The van der Waals surface area contributed by atoms with E-state index in [1.54, 1.807) is 11.1 Å². The van der Waals surface area contributed by atoms with Gasteiger partial charge in [-0.25, -0.2) is 0 Å². The molecule has 0 aliphatic heterocycles. The summed E-state index contributed by atoms with van der Waals surface area (Å²) in [7, 11) is 0. The Bertz CT molecular complexity index is 2400. The monoisotopic (exact) mass is 689 g/mol. The first kappa shape index (κ1) is 31.9. The van der Waals surface area contributed by atoms with Crippen LogP contribution in [-0.4, -0.2) is 0 Å². The van der Waals surface area contributed by atoms with Crippen molar-refractivity contribution < 1.29 is 0 Å². The number of nitrogens with zero attached hydrogens (tertiary/aromatic N) is 1. The Labute approximate surface area is 316 Å². The fraction of sp³-hybridized carbons (Fsp3) is 0.346. The van der Waals surface area contributed by atoms with Gasteiger partial charge >= 0.3 is 0 Å². The second-order valence-corrected chi connectivity index (χ2v) is 18.9. The number of anilines is 3. The summed E-state index contributed by atoms with van der Waals surface area (Å²) in [5.74, 6) is 3.25. The van der Waals surface area contributed by atoms with Gasteiger partial charge in [0, 0.05) is 16.8 Å². The summed E-state index contributed by atoms with van der Waals surface area (Å²) in [6, 6.07) is 49.4. The van der Waals surface area contributed by atoms with Gasteiger partial charge in [0.15, 0.2) is 0 Å². The van der Waals surface area contributed by atoms with Crippen molar-refractivity contribution in [2.75, 3.05) is 4.90 Å². The van der Waals surface area contributed by atoms with Crippen molar-refractivity contribution in [2.45, 2.75) is 88.9 Å². The van der Waals surface area contributed by atoms with E-state index in [2.05, 4.69) is 160 Å². The average molecular weight is 690 g/mol. The molecule has 6 aromatic carbocycles. The topological polar surface area (TPSA) is 3.24 Å². The summed E-state index contributed by atoms with van der Waals surface area (Å²) in [5, 5.41) is 2.57. The van der Waals surface area contributed by atoms with Gasteiger partial charge < -0.3 is 4.90 Å². The Hall–Kier alpha value is -4.62. The van der Waals surface area contributed by atoms with Gasteiger partial charge in [-0.15, -0.1) is 0 Å². The molecule has 6 aliphatic rings. The van der Waals surface area contributed by atoms with Crippen LogP contribution in [0.15, 0.2) is 127 Å². The van der Waals surface area contributed by atoms with E-state index < -0.39 is 0 Å². The lowest BCUT2D eigenvalue weighted by Gasteiger charge is -2.61. The first-order valence-corrected chi connectivity index (χ1v) is 20.5. The number of hydrogen-bond donors (Lipinski definition) is 0.